The van der Waals surface area contributed by atoms with Crippen LogP contribution in [0.15, 0.2) is 18.2 Å². The van der Waals surface area contributed by atoms with E-state index in [-0.39, 0.29) is 13.0 Å². The molecule has 0 heterocycles. The summed E-state index contributed by atoms with van der Waals surface area (Å²) in [5.41, 5.74) is -0.571. The van der Waals surface area contributed by atoms with Gasteiger partial charge in [-0.25, -0.2) is 17.6 Å². The van der Waals surface area contributed by atoms with Gasteiger partial charge >= 0.3 is 0 Å². The predicted molar refractivity (Wildman–Crippen MR) is 47.1 cm³/mol. The van der Waals surface area contributed by atoms with E-state index in [1.807, 2.05) is 0 Å². The Morgan fingerprint density at radius 2 is 1.40 bits per heavy atom. The zero-order valence-corrected chi connectivity index (χ0v) is 7.76. The molecule has 0 saturated carbocycles. The van der Waals surface area contributed by atoms with Gasteiger partial charge in [-0.3, -0.25) is 0 Å². The SMILES string of the molecule is OCCc1cc(C(F)F)cc(C(F)F)c1. The molecule has 0 saturated heterocycles. The van der Waals surface area contributed by atoms with E-state index in [4.69, 9.17) is 5.11 Å². The smallest absolute Gasteiger partial charge is 0.263 e. The molecule has 5 heteroatoms. The van der Waals surface area contributed by atoms with Crippen LogP contribution in [-0.4, -0.2) is 11.7 Å². The van der Waals surface area contributed by atoms with Crippen LogP contribution in [-0.2, 0) is 6.42 Å². The first kappa shape index (κ1) is 12.0. The molecule has 0 aromatic heterocycles. The Labute approximate surface area is 84.3 Å². The number of aliphatic hydroxyl groups is 1. The molecule has 0 amide bonds. The van der Waals surface area contributed by atoms with Gasteiger partial charge in [0.25, 0.3) is 12.9 Å². The largest absolute Gasteiger partial charge is 0.396 e. The van der Waals surface area contributed by atoms with Crippen molar-refractivity contribution in [1.82, 2.24) is 0 Å². The Hall–Kier alpha value is -1.10. The van der Waals surface area contributed by atoms with E-state index in [9.17, 15) is 17.6 Å². The van der Waals surface area contributed by atoms with Crippen LogP contribution in [0.1, 0.15) is 29.5 Å². The third-order valence-corrected chi connectivity index (χ3v) is 1.94. The van der Waals surface area contributed by atoms with Crippen molar-refractivity contribution in [3.63, 3.8) is 0 Å². The first-order valence-corrected chi connectivity index (χ1v) is 4.35. The van der Waals surface area contributed by atoms with Crippen LogP contribution < -0.4 is 0 Å². The van der Waals surface area contributed by atoms with Crippen LogP contribution >= 0.6 is 0 Å². The Bertz CT molecular complexity index is 299. The summed E-state index contributed by atoms with van der Waals surface area (Å²) < 4.78 is 49.3. The fourth-order valence-corrected chi connectivity index (χ4v) is 1.27. The van der Waals surface area contributed by atoms with Gasteiger partial charge in [0, 0.05) is 17.7 Å². The van der Waals surface area contributed by atoms with Crippen LogP contribution in [0.2, 0.25) is 0 Å². The lowest BCUT2D eigenvalue weighted by Gasteiger charge is -2.08. The second-order valence-corrected chi connectivity index (χ2v) is 3.08. The van der Waals surface area contributed by atoms with Gasteiger partial charge in [-0.1, -0.05) is 12.1 Å². The maximum Gasteiger partial charge on any atom is 0.263 e. The van der Waals surface area contributed by atoms with E-state index >= 15 is 0 Å². The van der Waals surface area contributed by atoms with E-state index in [2.05, 4.69) is 0 Å². The molecule has 84 valence electrons. The van der Waals surface area contributed by atoms with Gasteiger partial charge in [0.15, 0.2) is 0 Å². The highest BCUT2D eigenvalue weighted by Crippen LogP contribution is 2.27. The summed E-state index contributed by atoms with van der Waals surface area (Å²) in [6.45, 7) is -0.255. The van der Waals surface area contributed by atoms with E-state index < -0.39 is 24.0 Å². The zero-order chi connectivity index (χ0) is 11.4. The molecule has 0 bridgehead atoms. The summed E-state index contributed by atoms with van der Waals surface area (Å²) in [4.78, 5) is 0. The Morgan fingerprint density at radius 1 is 0.933 bits per heavy atom. The van der Waals surface area contributed by atoms with Crippen LogP contribution in [0.3, 0.4) is 0 Å². The minimum Gasteiger partial charge on any atom is -0.396 e. The van der Waals surface area contributed by atoms with Gasteiger partial charge in [-0.05, 0) is 18.1 Å². The number of alkyl halides is 4. The van der Waals surface area contributed by atoms with Crippen molar-refractivity contribution < 1.29 is 22.7 Å². The Morgan fingerprint density at radius 3 is 1.73 bits per heavy atom. The van der Waals surface area contributed by atoms with Crippen LogP contribution in [0.4, 0.5) is 17.6 Å². The summed E-state index contributed by atoms with van der Waals surface area (Å²) in [5.74, 6) is 0. The molecular weight excluding hydrogens is 212 g/mol. The topological polar surface area (TPSA) is 20.2 Å². The van der Waals surface area contributed by atoms with Gasteiger partial charge in [-0.15, -0.1) is 0 Å². The Balaban J connectivity index is 3.08. The predicted octanol–water partition coefficient (Wildman–Crippen LogP) is 3.10. The molecule has 0 radical (unpaired) electrons. The summed E-state index contributed by atoms with van der Waals surface area (Å²) >= 11 is 0. The minimum absolute atomic E-state index is 0.0975. The second kappa shape index (κ2) is 5.11. The van der Waals surface area contributed by atoms with Gasteiger partial charge in [0.05, 0.1) is 0 Å². The van der Waals surface area contributed by atoms with Crippen molar-refractivity contribution in [2.45, 2.75) is 19.3 Å². The number of hydrogen-bond donors (Lipinski definition) is 1. The molecule has 0 spiro atoms. The van der Waals surface area contributed by atoms with Crippen molar-refractivity contribution in [3.8, 4) is 0 Å². The zero-order valence-electron chi connectivity index (χ0n) is 7.76. The lowest BCUT2D eigenvalue weighted by molar-refractivity contribution is 0.143. The third kappa shape index (κ3) is 3.20. The molecule has 1 rings (SSSR count). The summed E-state index contributed by atoms with van der Waals surface area (Å²) in [6.07, 6.45) is -5.46. The van der Waals surface area contributed by atoms with Crippen LogP contribution in [0, 0.1) is 0 Å². The highest BCUT2D eigenvalue weighted by Gasteiger charge is 2.14. The average Bonchev–Trinajstić information content (AvgIpc) is 2.17. The van der Waals surface area contributed by atoms with E-state index in [1.165, 1.54) is 0 Å². The highest BCUT2D eigenvalue weighted by atomic mass is 19.3. The molecule has 0 fully saturated rings. The van der Waals surface area contributed by atoms with Gasteiger partial charge in [0.1, 0.15) is 0 Å². The third-order valence-electron chi connectivity index (χ3n) is 1.94. The van der Waals surface area contributed by atoms with Gasteiger partial charge < -0.3 is 5.11 Å². The molecule has 1 aromatic rings. The molecule has 0 aliphatic heterocycles. The van der Waals surface area contributed by atoms with Crippen molar-refractivity contribution in [3.05, 3.63) is 34.9 Å². The first-order valence-electron chi connectivity index (χ1n) is 4.35. The number of aliphatic hydroxyl groups excluding tert-OH is 1. The molecule has 1 aromatic carbocycles. The fraction of sp³-hybridized carbons (Fsp3) is 0.400. The number of hydrogen-bond acceptors (Lipinski definition) is 1. The molecule has 0 aliphatic carbocycles. The van der Waals surface area contributed by atoms with Crippen molar-refractivity contribution in [2.75, 3.05) is 6.61 Å². The minimum atomic E-state index is -2.78. The molecule has 0 atom stereocenters. The van der Waals surface area contributed by atoms with Gasteiger partial charge in [-0.2, -0.15) is 0 Å². The maximum absolute atomic E-state index is 12.3. The molecule has 0 aliphatic rings. The molecule has 1 nitrogen and oxygen atoms in total. The molecule has 1 N–H and O–H groups in total. The van der Waals surface area contributed by atoms with E-state index in [0.717, 1.165) is 18.2 Å². The van der Waals surface area contributed by atoms with Crippen LogP contribution in [0.5, 0.6) is 0 Å². The summed E-state index contributed by atoms with van der Waals surface area (Å²) in [6, 6.07) is 3.05. The quantitative estimate of drug-likeness (QED) is 0.776. The van der Waals surface area contributed by atoms with E-state index in [1.54, 1.807) is 0 Å². The maximum atomic E-state index is 12.3. The number of rotatable bonds is 4. The fourth-order valence-electron chi connectivity index (χ4n) is 1.27. The average molecular weight is 222 g/mol. The Kier molecular flexibility index (Phi) is 4.08. The second-order valence-electron chi connectivity index (χ2n) is 3.08. The lowest BCUT2D eigenvalue weighted by Crippen LogP contribution is -1.97. The van der Waals surface area contributed by atoms with Crippen molar-refractivity contribution >= 4 is 0 Å². The van der Waals surface area contributed by atoms with Crippen LogP contribution in [0.25, 0.3) is 0 Å². The standard InChI is InChI=1S/C10H10F4O/c11-9(12)7-3-6(1-2-15)4-8(5-7)10(13)14/h3-5,9-10,15H,1-2H2. The summed E-state index contributed by atoms with van der Waals surface area (Å²) in [5, 5.41) is 8.60. The summed E-state index contributed by atoms with van der Waals surface area (Å²) in [7, 11) is 0. The number of halogens is 4. The lowest BCUT2D eigenvalue weighted by atomic mass is 10.0. The highest BCUT2D eigenvalue weighted by molar-refractivity contribution is 5.31. The van der Waals surface area contributed by atoms with Gasteiger partial charge in [0.2, 0.25) is 0 Å². The van der Waals surface area contributed by atoms with Crippen molar-refractivity contribution in [1.29, 1.82) is 0 Å². The van der Waals surface area contributed by atoms with E-state index in [0.29, 0.717) is 5.56 Å². The molecule has 15 heavy (non-hydrogen) atoms. The number of benzene rings is 1. The normalized spacial score (nSPS) is 11.4. The molecular formula is C10H10F4O. The molecule has 0 unspecified atom stereocenters. The monoisotopic (exact) mass is 222 g/mol. The van der Waals surface area contributed by atoms with Crippen molar-refractivity contribution in [2.24, 2.45) is 0 Å². The first-order chi connectivity index (χ1) is 7.04.